The van der Waals surface area contributed by atoms with Crippen molar-refractivity contribution < 1.29 is 37.3 Å². The summed E-state index contributed by atoms with van der Waals surface area (Å²) in [5.74, 6) is 1.87. The summed E-state index contributed by atoms with van der Waals surface area (Å²) in [5.41, 5.74) is 5.25. The van der Waals surface area contributed by atoms with Crippen molar-refractivity contribution in [1.82, 2.24) is 0 Å². The summed E-state index contributed by atoms with van der Waals surface area (Å²) < 4.78 is 46.0. The highest BCUT2D eigenvalue weighted by molar-refractivity contribution is 6.73. The van der Waals surface area contributed by atoms with Crippen LogP contribution in [0.4, 0.5) is 0 Å². The van der Waals surface area contributed by atoms with E-state index in [1.807, 2.05) is 20.8 Å². The predicted molar refractivity (Wildman–Crippen MR) is 204 cm³/mol. The van der Waals surface area contributed by atoms with Gasteiger partial charge < -0.3 is 37.3 Å². The third kappa shape index (κ3) is 9.39. The van der Waals surface area contributed by atoms with Gasteiger partial charge in [0.1, 0.15) is 0 Å². The molecule has 8 fully saturated rings. The Morgan fingerprint density at radius 3 is 1.08 bits per heavy atom. The van der Waals surface area contributed by atoms with Crippen molar-refractivity contribution in [2.24, 2.45) is 23.7 Å². The van der Waals surface area contributed by atoms with Gasteiger partial charge in [0.05, 0.1) is 44.2 Å². The monoisotopic (exact) mass is 730 g/mol. The van der Waals surface area contributed by atoms with Gasteiger partial charge in [-0.25, -0.2) is 0 Å². The van der Waals surface area contributed by atoms with Gasteiger partial charge in [-0.1, -0.05) is 90.2 Å². The van der Waals surface area contributed by atoms with Crippen LogP contribution in [0.1, 0.15) is 114 Å². The van der Waals surface area contributed by atoms with E-state index in [1.165, 1.54) is 22.3 Å². The molecule has 4 aliphatic heterocycles. The topological polar surface area (TPSA) is 73.8 Å². The maximum absolute atomic E-state index is 6.65. The molecule has 8 aliphatic rings. The third-order valence-electron chi connectivity index (χ3n) is 12.3. The van der Waals surface area contributed by atoms with Gasteiger partial charge in [-0.05, 0) is 72.1 Å². The van der Waals surface area contributed by atoms with E-state index < -0.39 is 8.56 Å². The van der Waals surface area contributed by atoms with Crippen LogP contribution in [-0.4, -0.2) is 78.3 Å². The first-order chi connectivity index (χ1) is 23.9. The zero-order valence-corrected chi connectivity index (χ0v) is 34.4. The Balaban J connectivity index is 0.000000135. The van der Waals surface area contributed by atoms with E-state index in [4.69, 9.17) is 37.3 Å². The lowest BCUT2D eigenvalue weighted by atomic mass is 10.0. The van der Waals surface area contributed by atoms with Crippen molar-refractivity contribution in [2.45, 2.75) is 167 Å². The van der Waals surface area contributed by atoms with Crippen LogP contribution >= 0.6 is 0 Å². The summed E-state index contributed by atoms with van der Waals surface area (Å²) in [7, 11) is -2.24. The van der Waals surface area contributed by atoms with Crippen LogP contribution in [0.25, 0.3) is 0 Å². The SMILES string of the molecule is C=C1CC[C@@H]2OC(C)OC[C@@H]12.C=C1CC[C@@H]2O[C@@H](C)OC[C@@H]12.C=C1CC[C@@H]2O[C@H](C)OC[C@@H]12.C=C1CC[C@@H]2O[Si](C(C)(C)C)(C(C)(C)C)OC[C@@H]12. The molecule has 0 spiro atoms. The van der Waals surface area contributed by atoms with Gasteiger partial charge in [0, 0.05) is 40.4 Å². The molecule has 0 bridgehead atoms. The molecule has 8 nitrogen and oxygen atoms in total. The molecule has 0 amide bonds. The van der Waals surface area contributed by atoms with Crippen LogP contribution in [0.5, 0.6) is 0 Å². The van der Waals surface area contributed by atoms with Gasteiger partial charge >= 0.3 is 8.56 Å². The molecular formula is C42H70O8Si. The fraction of sp³-hybridized carbons (Fsp3) is 0.810. The van der Waals surface area contributed by atoms with E-state index in [1.54, 1.807) is 0 Å². The van der Waals surface area contributed by atoms with E-state index in [9.17, 15) is 0 Å². The highest BCUT2D eigenvalue weighted by Crippen LogP contribution is 2.56. The van der Waals surface area contributed by atoms with Gasteiger partial charge in [-0.2, -0.15) is 0 Å². The second-order valence-electron chi connectivity index (χ2n) is 18.0. The Kier molecular flexibility index (Phi) is 13.4. The molecule has 0 N–H and O–H groups in total. The largest absolute Gasteiger partial charge is 0.393 e. The van der Waals surface area contributed by atoms with Crippen molar-refractivity contribution in [3.63, 3.8) is 0 Å². The third-order valence-corrected chi connectivity index (χ3v) is 17.4. The van der Waals surface area contributed by atoms with Gasteiger partial charge in [0.25, 0.3) is 0 Å². The Morgan fingerprint density at radius 1 is 0.471 bits per heavy atom. The first-order valence-corrected chi connectivity index (χ1v) is 21.6. The van der Waals surface area contributed by atoms with E-state index in [2.05, 4.69) is 67.9 Å². The Bertz CT molecular complexity index is 1140. The normalized spacial score (nSPS) is 40.0. The fourth-order valence-electron chi connectivity index (χ4n) is 9.38. The second kappa shape index (κ2) is 16.7. The van der Waals surface area contributed by atoms with Gasteiger partial charge in [0.15, 0.2) is 18.9 Å². The van der Waals surface area contributed by atoms with Crippen LogP contribution in [0.15, 0.2) is 48.6 Å². The first-order valence-electron chi connectivity index (χ1n) is 19.7. The lowest BCUT2D eigenvalue weighted by Crippen LogP contribution is -2.62. The quantitative estimate of drug-likeness (QED) is 0.180. The van der Waals surface area contributed by atoms with E-state index >= 15 is 0 Å². The summed E-state index contributed by atoms with van der Waals surface area (Å²) in [6.07, 6.45) is 10.5. The number of hydrogen-bond acceptors (Lipinski definition) is 8. The molecule has 8 rings (SSSR count). The Labute approximate surface area is 310 Å². The first kappa shape index (κ1) is 41.0. The average molecular weight is 731 g/mol. The molecule has 1 unspecified atom stereocenters. The van der Waals surface area contributed by atoms with Crippen LogP contribution in [0.3, 0.4) is 0 Å². The summed E-state index contributed by atoms with van der Waals surface area (Å²) in [4.78, 5) is 0. The average Bonchev–Trinajstić information content (AvgIpc) is 3.83. The Morgan fingerprint density at radius 2 is 0.765 bits per heavy atom. The van der Waals surface area contributed by atoms with E-state index in [-0.39, 0.29) is 28.9 Å². The number of fused-ring (bicyclic) bond motifs is 4. The van der Waals surface area contributed by atoms with Gasteiger partial charge in [0.2, 0.25) is 0 Å². The zero-order valence-electron chi connectivity index (χ0n) is 33.4. The van der Waals surface area contributed by atoms with Gasteiger partial charge in [-0.15, -0.1) is 0 Å². The number of ether oxygens (including phenoxy) is 6. The van der Waals surface area contributed by atoms with Crippen molar-refractivity contribution in [2.75, 3.05) is 26.4 Å². The Hall–Kier alpha value is -1.14. The van der Waals surface area contributed by atoms with Crippen LogP contribution in [0, 0.1) is 23.7 Å². The summed E-state index contributed by atoms with van der Waals surface area (Å²) in [5, 5.41) is 0.195. The van der Waals surface area contributed by atoms with E-state index in [0.29, 0.717) is 48.1 Å². The summed E-state index contributed by atoms with van der Waals surface area (Å²) in [6, 6.07) is 0. The lowest BCUT2D eigenvalue weighted by molar-refractivity contribution is -0.215. The molecule has 0 aromatic heterocycles. The minimum atomic E-state index is -2.24. The van der Waals surface area contributed by atoms with Crippen molar-refractivity contribution >= 4 is 8.56 Å². The number of rotatable bonds is 0. The molecule has 9 heteroatoms. The van der Waals surface area contributed by atoms with Gasteiger partial charge in [-0.3, -0.25) is 0 Å². The van der Waals surface area contributed by atoms with Crippen LogP contribution in [0.2, 0.25) is 10.1 Å². The molecule has 0 aromatic carbocycles. The molecule has 4 saturated carbocycles. The summed E-state index contributed by atoms with van der Waals surface area (Å²) in [6.45, 7) is 38.9. The maximum atomic E-state index is 6.65. The molecular weight excluding hydrogens is 661 g/mol. The second-order valence-corrected chi connectivity index (χ2v) is 22.8. The standard InChI is InChI=1S/C15H28O2Si.3C9H14O2/c1-11-8-9-13-12(11)10-16-18(17-13,14(2,3)4)15(5,6)7;3*1-6-3-4-9-8(6)5-10-7(2)11-9/h12-13H,1,8-10H2,2-7H3;3*7-9H,1,3-5H2,2H3/t12-,13-;7?,8-,9-;7-,8+,9+;7-,8-,9-/m0010/s1. The zero-order chi connectivity index (χ0) is 37.3. The van der Waals surface area contributed by atoms with Crippen molar-refractivity contribution in [1.29, 1.82) is 0 Å². The molecule has 4 saturated heterocycles. The highest BCUT2D eigenvalue weighted by atomic mass is 28.4. The molecule has 11 atom stereocenters. The van der Waals surface area contributed by atoms with Crippen LogP contribution in [-0.2, 0) is 37.3 Å². The van der Waals surface area contributed by atoms with E-state index in [0.717, 1.165) is 77.8 Å². The highest BCUT2D eigenvalue weighted by Gasteiger charge is 2.62. The lowest BCUT2D eigenvalue weighted by Gasteiger charge is -2.54. The smallest absolute Gasteiger partial charge is 0.349 e. The minimum Gasteiger partial charge on any atom is -0.393 e. The molecule has 4 heterocycles. The molecule has 0 radical (unpaired) electrons. The number of hydrogen-bond donors (Lipinski definition) is 0. The van der Waals surface area contributed by atoms with Crippen molar-refractivity contribution in [3.05, 3.63) is 48.6 Å². The predicted octanol–water partition coefficient (Wildman–Crippen LogP) is 9.55. The molecule has 4 aliphatic carbocycles. The molecule has 0 aromatic rings. The fourth-order valence-corrected chi connectivity index (χ4v) is 14.4. The molecule has 290 valence electrons. The maximum Gasteiger partial charge on any atom is 0.349 e. The van der Waals surface area contributed by atoms with Crippen molar-refractivity contribution in [3.8, 4) is 0 Å². The summed E-state index contributed by atoms with van der Waals surface area (Å²) >= 11 is 0. The molecule has 51 heavy (non-hydrogen) atoms. The minimum absolute atomic E-state index is 0.0119. The van der Waals surface area contributed by atoms with Crippen LogP contribution < -0.4 is 0 Å².